The maximum absolute atomic E-state index is 12.0. The number of hydrogen-bond donors (Lipinski definition) is 5. The van der Waals surface area contributed by atoms with Crippen molar-refractivity contribution in [2.45, 2.75) is 39.1 Å². The number of aliphatic hydroxyl groups is 4. The lowest BCUT2D eigenvalue weighted by atomic mass is 10.1. The molecule has 0 aromatic rings. The van der Waals surface area contributed by atoms with Crippen molar-refractivity contribution in [3.05, 3.63) is 11.8 Å². The van der Waals surface area contributed by atoms with Gasteiger partial charge in [-0.3, -0.25) is 0 Å². The van der Waals surface area contributed by atoms with Gasteiger partial charge in [-0.2, -0.15) is 0 Å². The van der Waals surface area contributed by atoms with Gasteiger partial charge >= 0.3 is 5.97 Å². The van der Waals surface area contributed by atoms with E-state index >= 15 is 0 Å². The van der Waals surface area contributed by atoms with Gasteiger partial charge in [-0.15, -0.1) is 0 Å². The van der Waals surface area contributed by atoms with E-state index in [-0.39, 0.29) is 38.5 Å². The van der Waals surface area contributed by atoms with E-state index in [1.807, 2.05) is 0 Å². The van der Waals surface area contributed by atoms with Crippen molar-refractivity contribution in [1.82, 2.24) is 10.2 Å². The lowest BCUT2D eigenvalue weighted by Gasteiger charge is -2.42. The second kappa shape index (κ2) is 9.06. The van der Waals surface area contributed by atoms with Gasteiger partial charge in [0.2, 0.25) is 0 Å². The topological polar surface area (TPSA) is 122 Å². The largest absolute Gasteiger partial charge is 0.460 e. The first-order valence-electron chi connectivity index (χ1n) is 7.07. The summed E-state index contributed by atoms with van der Waals surface area (Å²) < 4.78 is 4.86. The van der Waals surface area contributed by atoms with Crippen LogP contribution < -0.4 is 5.32 Å². The Balaban J connectivity index is 5.23. The predicted molar refractivity (Wildman–Crippen MR) is 80.5 cm³/mol. The fourth-order valence-corrected chi connectivity index (χ4v) is 1.89. The van der Waals surface area contributed by atoms with E-state index in [0.717, 1.165) is 0 Å². The average Bonchev–Trinajstić information content (AvgIpc) is 2.36. The third-order valence-electron chi connectivity index (χ3n) is 2.77. The van der Waals surface area contributed by atoms with E-state index in [0.29, 0.717) is 0 Å². The summed E-state index contributed by atoms with van der Waals surface area (Å²) in [6, 6.07) is 0. The molecule has 5 N–H and O–H groups in total. The number of nitrogens with one attached hydrogen (secondary N) is 1. The van der Waals surface area contributed by atoms with Crippen LogP contribution in [0.3, 0.4) is 0 Å². The SMILES string of the molecule is CC(C)(O)N(CC(=CNCCO)C(=O)OCCO)C(C)(C)O. The van der Waals surface area contributed by atoms with Gasteiger partial charge in [-0.25, -0.2) is 9.69 Å². The molecule has 0 aliphatic carbocycles. The monoisotopic (exact) mass is 320 g/mol. The van der Waals surface area contributed by atoms with Crippen molar-refractivity contribution in [2.24, 2.45) is 0 Å². The van der Waals surface area contributed by atoms with Crippen molar-refractivity contribution in [3.63, 3.8) is 0 Å². The molecule has 0 fully saturated rings. The Hall–Kier alpha value is -1.19. The minimum atomic E-state index is -1.38. The van der Waals surface area contributed by atoms with E-state index in [1.54, 1.807) is 0 Å². The molecule has 8 heteroatoms. The Kier molecular flexibility index (Phi) is 8.57. The van der Waals surface area contributed by atoms with Crippen LogP contribution in [-0.2, 0) is 9.53 Å². The van der Waals surface area contributed by atoms with Gasteiger partial charge in [-0.05, 0) is 27.7 Å². The molecule has 0 rings (SSSR count). The van der Waals surface area contributed by atoms with Crippen LogP contribution in [0.2, 0.25) is 0 Å². The Morgan fingerprint density at radius 1 is 1.14 bits per heavy atom. The average molecular weight is 320 g/mol. The van der Waals surface area contributed by atoms with Crippen LogP contribution in [0.1, 0.15) is 27.7 Å². The van der Waals surface area contributed by atoms with Gasteiger partial charge in [0.05, 0.1) is 18.8 Å². The zero-order chi connectivity index (χ0) is 17.4. The molecule has 0 spiro atoms. The Morgan fingerprint density at radius 3 is 2.09 bits per heavy atom. The zero-order valence-corrected chi connectivity index (χ0v) is 13.7. The van der Waals surface area contributed by atoms with Crippen LogP contribution in [0.4, 0.5) is 0 Å². The zero-order valence-electron chi connectivity index (χ0n) is 13.7. The number of esters is 1. The molecule has 0 aromatic carbocycles. The highest BCUT2D eigenvalue weighted by Crippen LogP contribution is 2.22. The van der Waals surface area contributed by atoms with E-state index in [4.69, 9.17) is 14.9 Å². The van der Waals surface area contributed by atoms with E-state index in [1.165, 1.54) is 38.8 Å². The smallest absolute Gasteiger partial charge is 0.336 e. The number of carbonyl (C=O) groups excluding carboxylic acids is 1. The molecular formula is C14H28N2O6. The Bertz CT molecular complexity index is 357. The highest BCUT2D eigenvalue weighted by atomic mass is 16.5. The van der Waals surface area contributed by atoms with Crippen LogP contribution in [0.25, 0.3) is 0 Å². The molecule has 0 aliphatic rings. The third kappa shape index (κ3) is 7.71. The van der Waals surface area contributed by atoms with Crippen molar-refractivity contribution >= 4 is 5.97 Å². The van der Waals surface area contributed by atoms with Crippen LogP contribution in [0, 0.1) is 0 Å². The minimum Gasteiger partial charge on any atom is -0.460 e. The van der Waals surface area contributed by atoms with Gasteiger partial charge in [0.1, 0.15) is 18.1 Å². The molecule has 0 radical (unpaired) electrons. The van der Waals surface area contributed by atoms with E-state index in [2.05, 4.69) is 5.32 Å². The first-order chi connectivity index (χ1) is 10.0. The highest BCUT2D eigenvalue weighted by Gasteiger charge is 2.36. The summed E-state index contributed by atoms with van der Waals surface area (Å²) in [5, 5.41) is 40.6. The molecule has 0 atom stereocenters. The molecular weight excluding hydrogens is 292 g/mol. The number of ether oxygens (including phenoxy) is 1. The molecule has 0 unspecified atom stereocenters. The molecule has 8 nitrogen and oxygen atoms in total. The van der Waals surface area contributed by atoms with E-state index < -0.39 is 17.4 Å². The van der Waals surface area contributed by atoms with Gasteiger partial charge in [0.15, 0.2) is 0 Å². The molecule has 0 amide bonds. The van der Waals surface area contributed by atoms with Crippen LogP contribution >= 0.6 is 0 Å². The number of aliphatic hydroxyl groups excluding tert-OH is 2. The summed E-state index contributed by atoms with van der Waals surface area (Å²) >= 11 is 0. The number of rotatable bonds is 10. The summed E-state index contributed by atoms with van der Waals surface area (Å²) in [6.45, 7) is 5.54. The maximum Gasteiger partial charge on any atom is 0.336 e. The maximum atomic E-state index is 12.0. The molecule has 0 aliphatic heterocycles. The first-order valence-corrected chi connectivity index (χ1v) is 7.07. The highest BCUT2D eigenvalue weighted by molar-refractivity contribution is 5.88. The van der Waals surface area contributed by atoms with E-state index in [9.17, 15) is 15.0 Å². The lowest BCUT2D eigenvalue weighted by molar-refractivity contribution is -0.196. The van der Waals surface area contributed by atoms with Gasteiger partial charge in [0.25, 0.3) is 0 Å². The number of nitrogens with zero attached hydrogens (tertiary/aromatic N) is 1. The molecule has 130 valence electrons. The lowest BCUT2D eigenvalue weighted by Crippen LogP contribution is -2.56. The number of carbonyl (C=O) groups is 1. The summed E-state index contributed by atoms with van der Waals surface area (Å²) in [5.41, 5.74) is -2.62. The molecule has 0 saturated carbocycles. The third-order valence-corrected chi connectivity index (χ3v) is 2.77. The molecule has 22 heavy (non-hydrogen) atoms. The number of hydrogen-bond acceptors (Lipinski definition) is 8. The van der Waals surface area contributed by atoms with Crippen molar-refractivity contribution < 1.29 is 30.0 Å². The van der Waals surface area contributed by atoms with Crippen molar-refractivity contribution in [1.29, 1.82) is 0 Å². The molecule has 0 bridgehead atoms. The second-order valence-electron chi connectivity index (χ2n) is 5.78. The summed E-state index contributed by atoms with van der Waals surface area (Å²) in [5.74, 6) is -0.682. The standard InChI is InChI=1S/C14H28N2O6/c1-13(2,20)16(14(3,4)21)10-11(9-15-5-6-17)12(19)22-8-7-18/h9,15,17-18,20-21H,5-8,10H2,1-4H3. The van der Waals surface area contributed by atoms with Crippen LogP contribution in [0.5, 0.6) is 0 Å². The van der Waals surface area contributed by atoms with Crippen molar-refractivity contribution in [3.8, 4) is 0 Å². The van der Waals surface area contributed by atoms with Gasteiger partial charge in [0, 0.05) is 19.3 Å². The molecule has 0 aromatic heterocycles. The Labute approximate surface area is 131 Å². The van der Waals surface area contributed by atoms with Crippen molar-refractivity contribution in [2.75, 3.05) is 32.9 Å². The van der Waals surface area contributed by atoms with Crippen LogP contribution in [-0.4, -0.2) is 75.7 Å². The molecule has 0 heterocycles. The summed E-state index contributed by atoms with van der Waals surface area (Å²) in [4.78, 5) is 13.3. The molecule has 0 saturated heterocycles. The summed E-state index contributed by atoms with van der Waals surface area (Å²) in [6.07, 6.45) is 1.36. The van der Waals surface area contributed by atoms with Crippen LogP contribution in [0.15, 0.2) is 11.8 Å². The Morgan fingerprint density at radius 2 is 1.68 bits per heavy atom. The van der Waals surface area contributed by atoms with Gasteiger partial charge in [-0.1, -0.05) is 0 Å². The first kappa shape index (κ1) is 20.8. The predicted octanol–water partition coefficient (Wildman–Crippen LogP) is -1.25. The normalized spacial score (nSPS) is 13.4. The summed E-state index contributed by atoms with van der Waals surface area (Å²) in [7, 11) is 0. The second-order valence-corrected chi connectivity index (χ2v) is 5.78. The van der Waals surface area contributed by atoms with Gasteiger partial charge < -0.3 is 30.5 Å². The fourth-order valence-electron chi connectivity index (χ4n) is 1.89. The minimum absolute atomic E-state index is 0.0876. The fraction of sp³-hybridized carbons (Fsp3) is 0.786. The quantitative estimate of drug-likeness (QED) is 0.146.